The van der Waals surface area contributed by atoms with Gasteiger partial charge in [0.25, 0.3) is 5.91 Å². The van der Waals surface area contributed by atoms with Gasteiger partial charge in [0.15, 0.2) is 0 Å². The number of benzene rings is 1. The molecule has 1 N–H and O–H groups in total. The Morgan fingerprint density at radius 1 is 1.10 bits per heavy atom. The molecule has 0 saturated carbocycles. The molecule has 1 aliphatic rings. The zero-order valence-electron chi connectivity index (χ0n) is 19.5. The van der Waals surface area contributed by atoms with Crippen LogP contribution >= 0.6 is 0 Å². The van der Waals surface area contributed by atoms with Crippen molar-refractivity contribution < 1.29 is 14.3 Å². The van der Waals surface area contributed by atoms with Gasteiger partial charge in [-0.25, -0.2) is 0 Å². The van der Waals surface area contributed by atoms with Gasteiger partial charge in [0.05, 0.1) is 6.61 Å². The van der Waals surface area contributed by atoms with Crippen molar-refractivity contribution in [2.75, 3.05) is 38.2 Å². The third-order valence-corrected chi connectivity index (χ3v) is 5.60. The fourth-order valence-corrected chi connectivity index (χ4v) is 4.06. The van der Waals surface area contributed by atoms with Crippen LogP contribution in [0, 0.1) is 5.92 Å². The maximum Gasteiger partial charge on any atom is 0.256 e. The highest BCUT2D eigenvalue weighted by Crippen LogP contribution is 2.24. The Balaban J connectivity index is 1.78. The van der Waals surface area contributed by atoms with Crippen LogP contribution < -0.4 is 10.1 Å². The van der Waals surface area contributed by atoms with Gasteiger partial charge < -0.3 is 19.7 Å². The Kier molecular flexibility index (Phi) is 10.7. The molecule has 1 atom stereocenters. The number of carbonyl (C=O) groups is 1. The van der Waals surface area contributed by atoms with E-state index < -0.39 is 5.60 Å². The second-order valence-electron chi connectivity index (χ2n) is 9.11. The van der Waals surface area contributed by atoms with Gasteiger partial charge in [0.1, 0.15) is 11.4 Å². The Labute approximate surface area is 183 Å². The molecular weight excluding hydrogens is 376 g/mol. The lowest BCUT2D eigenvalue weighted by Gasteiger charge is -2.30. The van der Waals surface area contributed by atoms with Crippen molar-refractivity contribution in [1.29, 1.82) is 0 Å². The number of hydrogen-bond acceptors (Lipinski definition) is 4. The predicted molar refractivity (Wildman–Crippen MR) is 124 cm³/mol. The lowest BCUT2D eigenvalue weighted by molar-refractivity contribution is -0.141. The van der Waals surface area contributed by atoms with Gasteiger partial charge in [-0.3, -0.25) is 4.79 Å². The Hall–Kier alpha value is -1.59. The lowest BCUT2D eigenvalue weighted by Crippen LogP contribution is -2.44. The molecule has 0 spiro atoms. The SMILES string of the molecule is CCCOC(C)(CC(C)C)C(=O)Nc1ccc(OCCCN2CCCCCC2)cc1. The standard InChI is InChI=1S/C25H42N2O3/c1-5-18-30-25(4,20-21(2)3)24(28)26-22-11-13-23(14-12-22)29-19-10-17-27-15-8-6-7-9-16-27/h11-14,21H,5-10,15-20H2,1-4H3,(H,26,28). The fourth-order valence-electron chi connectivity index (χ4n) is 4.06. The zero-order valence-corrected chi connectivity index (χ0v) is 19.5. The van der Waals surface area contributed by atoms with E-state index in [9.17, 15) is 4.79 Å². The van der Waals surface area contributed by atoms with Crippen molar-refractivity contribution >= 4 is 11.6 Å². The van der Waals surface area contributed by atoms with Crippen LogP contribution in [0.1, 0.15) is 72.6 Å². The van der Waals surface area contributed by atoms with E-state index in [0.717, 1.165) is 37.4 Å². The summed E-state index contributed by atoms with van der Waals surface area (Å²) in [4.78, 5) is 15.4. The topological polar surface area (TPSA) is 50.8 Å². The van der Waals surface area contributed by atoms with Crippen LogP contribution in [-0.4, -0.2) is 49.3 Å². The molecule has 0 radical (unpaired) electrons. The number of hydrogen-bond donors (Lipinski definition) is 1. The smallest absolute Gasteiger partial charge is 0.256 e. The van der Waals surface area contributed by atoms with E-state index >= 15 is 0 Å². The van der Waals surface area contributed by atoms with Crippen molar-refractivity contribution in [3.8, 4) is 5.75 Å². The van der Waals surface area contributed by atoms with E-state index in [2.05, 4.69) is 31.0 Å². The van der Waals surface area contributed by atoms with Crippen LogP contribution in [0.25, 0.3) is 0 Å². The summed E-state index contributed by atoms with van der Waals surface area (Å²) in [7, 11) is 0. The van der Waals surface area contributed by atoms with Gasteiger partial charge in [-0.05, 0) is 82.3 Å². The molecular formula is C25H42N2O3. The van der Waals surface area contributed by atoms with E-state index in [4.69, 9.17) is 9.47 Å². The Morgan fingerprint density at radius 3 is 2.37 bits per heavy atom. The summed E-state index contributed by atoms with van der Waals surface area (Å²) in [6.45, 7) is 13.0. The fraction of sp³-hybridized carbons (Fsp3) is 0.720. The van der Waals surface area contributed by atoms with Gasteiger partial charge in [0, 0.05) is 18.8 Å². The number of nitrogens with zero attached hydrogens (tertiary/aromatic N) is 1. The van der Waals surface area contributed by atoms with E-state index in [0.29, 0.717) is 18.9 Å². The number of carbonyl (C=O) groups excluding carboxylic acids is 1. The molecule has 1 aliphatic heterocycles. The van der Waals surface area contributed by atoms with Crippen molar-refractivity contribution in [1.82, 2.24) is 4.90 Å². The molecule has 1 amide bonds. The summed E-state index contributed by atoms with van der Waals surface area (Å²) in [5, 5.41) is 3.01. The van der Waals surface area contributed by atoms with Crippen molar-refractivity contribution in [3.63, 3.8) is 0 Å². The van der Waals surface area contributed by atoms with Crippen LogP contribution in [0.15, 0.2) is 24.3 Å². The highest BCUT2D eigenvalue weighted by atomic mass is 16.5. The molecule has 0 aromatic heterocycles. The summed E-state index contributed by atoms with van der Waals surface area (Å²) in [5.74, 6) is 1.13. The van der Waals surface area contributed by atoms with Crippen LogP contribution in [0.2, 0.25) is 0 Å². The van der Waals surface area contributed by atoms with Gasteiger partial charge in [-0.1, -0.05) is 33.6 Å². The van der Waals surface area contributed by atoms with E-state index in [-0.39, 0.29) is 5.91 Å². The van der Waals surface area contributed by atoms with E-state index in [1.54, 1.807) is 0 Å². The van der Waals surface area contributed by atoms with E-state index in [1.807, 2.05) is 31.2 Å². The summed E-state index contributed by atoms with van der Waals surface area (Å²) < 4.78 is 11.8. The molecule has 30 heavy (non-hydrogen) atoms. The largest absolute Gasteiger partial charge is 0.494 e. The van der Waals surface area contributed by atoms with Gasteiger partial charge in [-0.15, -0.1) is 0 Å². The first-order chi connectivity index (χ1) is 14.4. The second-order valence-corrected chi connectivity index (χ2v) is 9.11. The minimum atomic E-state index is -0.813. The number of ether oxygens (including phenoxy) is 2. The van der Waals surface area contributed by atoms with Gasteiger partial charge in [0.2, 0.25) is 0 Å². The number of anilines is 1. The zero-order chi connectivity index (χ0) is 21.8. The van der Waals surface area contributed by atoms with E-state index in [1.165, 1.54) is 38.8 Å². The average molecular weight is 419 g/mol. The molecule has 1 aromatic carbocycles. The number of amides is 1. The first-order valence-electron chi connectivity index (χ1n) is 11.8. The third-order valence-electron chi connectivity index (χ3n) is 5.60. The molecule has 5 nitrogen and oxygen atoms in total. The molecule has 170 valence electrons. The number of likely N-dealkylation sites (tertiary alicyclic amines) is 1. The Morgan fingerprint density at radius 2 is 1.77 bits per heavy atom. The van der Waals surface area contributed by atoms with Gasteiger partial charge in [-0.2, -0.15) is 0 Å². The molecule has 1 saturated heterocycles. The van der Waals surface area contributed by atoms with Crippen molar-refractivity contribution in [3.05, 3.63) is 24.3 Å². The Bertz CT molecular complexity index is 609. The molecule has 0 aliphatic carbocycles. The minimum absolute atomic E-state index is 0.0873. The summed E-state index contributed by atoms with van der Waals surface area (Å²) in [6, 6.07) is 7.65. The molecule has 1 aromatic rings. The van der Waals surface area contributed by atoms with Crippen molar-refractivity contribution in [2.45, 2.75) is 78.2 Å². The van der Waals surface area contributed by atoms with Crippen LogP contribution in [0.4, 0.5) is 5.69 Å². The lowest BCUT2D eigenvalue weighted by atomic mass is 9.93. The highest BCUT2D eigenvalue weighted by molar-refractivity contribution is 5.97. The minimum Gasteiger partial charge on any atom is -0.494 e. The predicted octanol–water partition coefficient (Wildman–Crippen LogP) is 5.50. The first-order valence-corrected chi connectivity index (χ1v) is 11.8. The third kappa shape index (κ3) is 8.65. The average Bonchev–Trinajstić information content (AvgIpc) is 2.99. The van der Waals surface area contributed by atoms with Gasteiger partial charge >= 0.3 is 0 Å². The summed E-state index contributed by atoms with van der Waals surface area (Å²) in [6.07, 6.45) is 8.03. The molecule has 1 fully saturated rings. The molecule has 0 bridgehead atoms. The van der Waals surface area contributed by atoms with Crippen LogP contribution in [-0.2, 0) is 9.53 Å². The molecule has 2 rings (SSSR count). The molecule has 1 unspecified atom stereocenters. The van der Waals surface area contributed by atoms with Crippen LogP contribution in [0.3, 0.4) is 0 Å². The molecule has 1 heterocycles. The normalized spacial score (nSPS) is 17.4. The highest BCUT2D eigenvalue weighted by Gasteiger charge is 2.34. The molecule has 5 heteroatoms. The second kappa shape index (κ2) is 13.0. The monoisotopic (exact) mass is 418 g/mol. The maximum atomic E-state index is 12.9. The number of rotatable bonds is 12. The quantitative estimate of drug-likeness (QED) is 0.455. The first kappa shape index (κ1) is 24.7. The van der Waals surface area contributed by atoms with Crippen LogP contribution in [0.5, 0.6) is 5.75 Å². The maximum absolute atomic E-state index is 12.9. The summed E-state index contributed by atoms with van der Waals surface area (Å²) in [5.41, 5.74) is -0.0425. The number of nitrogens with one attached hydrogen (secondary N) is 1. The summed E-state index contributed by atoms with van der Waals surface area (Å²) >= 11 is 0. The van der Waals surface area contributed by atoms with Crippen molar-refractivity contribution in [2.24, 2.45) is 5.92 Å².